The first-order chi connectivity index (χ1) is 19.5. The SMILES string of the molecule is CNC(=O)c1c(C)n(C)c2cc(Oc3ccnc4cc(C(=O)COC(=O)N([C@@H]5CCNC5)C(C)(C)C)sc34)ccc12. The quantitative estimate of drug-likeness (QED) is 0.296. The van der Waals surface area contributed by atoms with Crippen LogP contribution in [0.25, 0.3) is 21.1 Å². The maximum Gasteiger partial charge on any atom is 0.410 e. The zero-order valence-corrected chi connectivity index (χ0v) is 25.0. The van der Waals surface area contributed by atoms with E-state index in [2.05, 4.69) is 15.6 Å². The number of aryl methyl sites for hydroxylation is 1. The first-order valence-electron chi connectivity index (χ1n) is 13.6. The lowest BCUT2D eigenvalue weighted by Gasteiger charge is -2.38. The van der Waals surface area contributed by atoms with Crippen LogP contribution in [0.2, 0.25) is 0 Å². The minimum atomic E-state index is -0.492. The Bertz CT molecular complexity index is 1640. The number of nitrogens with zero attached hydrogens (tertiary/aromatic N) is 3. The first-order valence-corrected chi connectivity index (χ1v) is 14.4. The van der Waals surface area contributed by atoms with Crippen molar-refractivity contribution in [2.24, 2.45) is 7.05 Å². The molecule has 1 saturated heterocycles. The first kappa shape index (κ1) is 28.6. The van der Waals surface area contributed by atoms with Crippen LogP contribution >= 0.6 is 11.3 Å². The molecule has 0 bridgehead atoms. The van der Waals surface area contributed by atoms with Crippen molar-refractivity contribution in [2.45, 2.75) is 45.7 Å². The molecule has 5 rings (SSSR count). The van der Waals surface area contributed by atoms with Crippen molar-refractivity contribution in [3.8, 4) is 11.5 Å². The van der Waals surface area contributed by atoms with Gasteiger partial charge in [-0.3, -0.25) is 19.5 Å². The largest absolute Gasteiger partial charge is 0.456 e. The third-order valence-electron chi connectivity index (χ3n) is 7.44. The van der Waals surface area contributed by atoms with Crippen LogP contribution < -0.4 is 15.4 Å². The van der Waals surface area contributed by atoms with E-state index in [0.29, 0.717) is 38.7 Å². The zero-order valence-electron chi connectivity index (χ0n) is 24.2. The minimum absolute atomic E-state index is 0.0277. The number of hydrogen-bond acceptors (Lipinski definition) is 8. The summed E-state index contributed by atoms with van der Waals surface area (Å²) in [5.41, 5.74) is 2.54. The lowest BCUT2D eigenvalue weighted by molar-refractivity contribution is 0.0450. The molecular weight excluding hydrogens is 542 g/mol. The summed E-state index contributed by atoms with van der Waals surface area (Å²) in [5, 5.41) is 6.82. The molecule has 41 heavy (non-hydrogen) atoms. The fraction of sp³-hybridized carbons (Fsp3) is 0.400. The summed E-state index contributed by atoms with van der Waals surface area (Å²) >= 11 is 1.25. The molecule has 0 unspecified atom stereocenters. The normalized spacial score (nSPS) is 15.3. The lowest BCUT2D eigenvalue weighted by Crippen LogP contribution is -2.52. The van der Waals surface area contributed by atoms with Gasteiger partial charge in [0.2, 0.25) is 5.78 Å². The molecule has 1 fully saturated rings. The number of pyridine rings is 1. The molecule has 216 valence electrons. The summed E-state index contributed by atoms with van der Waals surface area (Å²) in [5.74, 6) is 0.710. The molecule has 1 aliphatic rings. The summed E-state index contributed by atoms with van der Waals surface area (Å²) in [6.07, 6.45) is 1.98. The van der Waals surface area contributed by atoms with Crippen LogP contribution in [0.4, 0.5) is 4.79 Å². The Hall–Kier alpha value is -3.96. The predicted octanol–water partition coefficient (Wildman–Crippen LogP) is 5.03. The molecule has 0 spiro atoms. The number of carbonyl (C=O) groups excluding carboxylic acids is 3. The highest BCUT2D eigenvalue weighted by atomic mass is 32.1. The van der Waals surface area contributed by atoms with Crippen LogP contribution in [0, 0.1) is 6.92 Å². The van der Waals surface area contributed by atoms with Gasteiger partial charge in [0, 0.05) is 61.6 Å². The number of ketones is 1. The Kier molecular flexibility index (Phi) is 7.76. The summed E-state index contributed by atoms with van der Waals surface area (Å²) in [4.78, 5) is 45.1. The van der Waals surface area contributed by atoms with E-state index in [0.717, 1.165) is 29.6 Å². The number of thiophene rings is 1. The Morgan fingerprint density at radius 3 is 2.68 bits per heavy atom. The number of nitrogens with one attached hydrogen (secondary N) is 2. The zero-order chi connectivity index (χ0) is 29.5. The Morgan fingerprint density at radius 2 is 2.00 bits per heavy atom. The molecule has 1 aromatic carbocycles. The van der Waals surface area contributed by atoms with Crippen LogP contribution in [0.5, 0.6) is 11.5 Å². The topological polar surface area (TPSA) is 115 Å². The molecule has 10 nitrogen and oxygen atoms in total. The van der Waals surface area contributed by atoms with Crippen LogP contribution in [0.1, 0.15) is 52.9 Å². The van der Waals surface area contributed by atoms with Crippen LogP contribution in [0.3, 0.4) is 0 Å². The maximum atomic E-state index is 13.1. The van der Waals surface area contributed by atoms with Crippen molar-refractivity contribution in [1.29, 1.82) is 0 Å². The van der Waals surface area contributed by atoms with Gasteiger partial charge >= 0.3 is 6.09 Å². The highest BCUT2D eigenvalue weighted by molar-refractivity contribution is 7.21. The second-order valence-electron chi connectivity index (χ2n) is 11.2. The van der Waals surface area contributed by atoms with Gasteiger partial charge in [-0.05, 0) is 58.9 Å². The number of amides is 2. The number of aromatic nitrogens is 2. The Balaban J connectivity index is 1.34. The van der Waals surface area contributed by atoms with Crippen molar-refractivity contribution in [1.82, 2.24) is 25.1 Å². The van der Waals surface area contributed by atoms with E-state index in [1.54, 1.807) is 30.3 Å². The van der Waals surface area contributed by atoms with E-state index in [1.165, 1.54) is 11.3 Å². The van der Waals surface area contributed by atoms with E-state index in [9.17, 15) is 14.4 Å². The molecule has 0 saturated carbocycles. The monoisotopic (exact) mass is 577 g/mol. The highest BCUT2D eigenvalue weighted by Gasteiger charge is 2.36. The third kappa shape index (κ3) is 5.51. The van der Waals surface area contributed by atoms with Crippen LogP contribution in [-0.2, 0) is 11.8 Å². The van der Waals surface area contributed by atoms with Gasteiger partial charge in [0.15, 0.2) is 6.61 Å². The Morgan fingerprint density at radius 1 is 1.22 bits per heavy atom. The smallest absolute Gasteiger partial charge is 0.410 e. The van der Waals surface area contributed by atoms with Gasteiger partial charge in [0.05, 0.1) is 26.2 Å². The number of fused-ring (bicyclic) bond motifs is 2. The third-order valence-corrected chi connectivity index (χ3v) is 8.62. The predicted molar refractivity (Wildman–Crippen MR) is 159 cm³/mol. The summed E-state index contributed by atoms with van der Waals surface area (Å²) in [6.45, 7) is 8.99. The van der Waals surface area contributed by atoms with Crippen molar-refractivity contribution in [3.05, 3.63) is 52.7 Å². The number of ether oxygens (including phenoxy) is 2. The van der Waals surface area contributed by atoms with Crippen molar-refractivity contribution >= 4 is 50.2 Å². The van der Waals surface area contributed by atoms with Crippen molar-refractivity contribution in [3.63, 3.8) is 0 Å². The van der Waals surface area contributed by atoms with E-state index in [4.69, 9.17) is 9.47 Å². The number of hydrogen-bond donors (Lipinski definition) is 2. The molecule has 0 radical (unpaired) electrons. The Labute approximate surface area is 242 Å². The maximum absolute atomic E-state index is 13.1. The van der Waals surface area contributed by atoms with Gasteiger partial charge in [-0.25, -0.2) is 4.79 Å². The van der Waals surface area contributed by atoms with Gasteiger partial charge in [-0.1, -0.05) is 0 Å². The molecule has 4 aromatic rings. The number of Topliss-reactive ketones (excluding diaryl/α,β-unsaturated/α-hetero) is 1. The van der Waals surface area contributed by atoms with Gasteiger partial charge < -0.3 is 24.7 Å². The second-order valence-corrected chi connectivity index (χ2v) is 12.2. The molecule has 2 N–H and O–H groups in total. The van der Waals surface area contributed by atoms with Crippen LogP contribution in [0.15, 0.2) is 36.5 Å². The molecule has 1 aliphatic heterocycles. The summed E-state index contributed by atoms with van der Waals surface area (Å²) in [7, 11) is 3.53. The number of carbonyl (C=O) groups is 3. The van der Waals surface area contributed by atoms with Crippen molar-refractivity contribution in [2.75, 3.05) is 26.7 Å². The number of rotatable bonds is 7. The van der Waals surface area contributed by atoms with Crippen LogP contribution in [-0.4, -0.2) is 70.6 Å². The van der Waals surface area contributed by atoms with Gasteiger partial charge in [-0.15, -0.1) is 11.3 Å². The summed E-state index contributed by atoms with van der Waals surface area (Å²) < 4.78 is 14.4. The van der Waals surface area contributed by atoms with Gasteiger partial charge in [-0.2, -0.15) is 0 Å². The highest BCUT2D eigenvalue weighted by Crippen LogP contribution is 2.37. The lowest BCUT2D eigenvalue weighted by atomic mass is 10.0. The summed E-state index contributed by atoms with van der Waals surface area (Å²) in [6, 6.07) is 9.06. The van der Waals surface area contributed by atoms with E-state index < -0.39 is 11.6 Å². The molecule has 2 amide bonds. The fourth-order valence-corrected chi connectivity index (χ4v) is 6.37. The average molecular weight is 578 g/mol. The van der Waals surface area contributed by atoms with E-state index in [1.807, 2.05) is 57.5 Å². The fourth-order valence-electron chi connectivity index (χ4n) is 5.38. The average Bonchev–Trinajstić information content (AvgIpc) is 3.66. The van der Waals surface area contributed by atoms with E-state index >= 15 is 0 Å². The standard InChI is InChI=1S/C30H35N5O5S/c1-17-26(28(37)31-5)20-8-7-19(13-22(20)34(17)6)40-24-10-12-33-21-14-25(41-27(21)24)23(36)16-39-29(38)35(30(2,3)4)18-9-11-32-15-18/h7-8,10,12-14,18,32H,9,11,15-16H2,1-6H3,(H,31,37)/t18-/m1/s1. The second kappa shape index (κ2) is 11.1. The molecule has 4 heterocycles. The molecular formula is C30H35N5O5S. The van der Waals surface area contributed by atoms with E-state index in [-0.39, 0.29) is 24.3 Å². The van der Waals surface area contributed by atoms with Crippen molar-refractivity contribution < 1.29 is 23.9 Å². The van der Waals surface area contributed by atoms with Gasteiger partial charge in [0.25, 0.3) is 5.91 Å². The number of benzene rings is 1. The van der Waals surface area contributed by atoms with Gasteiger partial charge in [0.1, 0.15) is 11.5 Å². The molecule has 11 heteroatoms. The molecule has 3 aromatic heterocycles. The molecule has 1 atom stereocenters. The minimum Gasteiger partial charge on any atom is -0.456 e. The molecule has 0 aliphatic carbocycles.